The van der Waals surface area contributed by atoms with Crippen LogP contribution in [0.2, 0.25) is 5.28 Å². The van der Waals surface area contributed by atoms with Gasteiger partial charge in [0, 0.05) is 6.54 Å². The van der Waals surface area contributed by atoms with E-state index in [0.717, 1.165) is 19.5 Å². The summed E-state index contributed by atoms with van der Waals surface area (Å²) in [5.74, 6) is 0.474. The van der Waals surface area contributed by atoms with E-state index in [1.54, 1.807) is 0 Å². The van der Waals surface area contributed by atoms with Gasteiger partial charge in [-0.2, -0.15) is 15.0 Å². The minimum absolute atomic E-state index is 0.0106. The minimum Gasteiger partial charge on any atom is -0.461 e. The van der Waals surface area contributed by atoms with Gasteiger partial charge in [0.1, 0.15) is 0 Å². The van der Waals surface area contributed by atoms with E-state index in [2.05, 4.69) is 25.2 Å². The summed E-state index contributed by atoms with van der Waals surface area (Å²) in [5, 5.41) is 3.32. The maximum atomic E-state index is 5.86. The second-order valence-corrected chi connectivity index (χ2v) is 5.54. The van der Waals surface area contributed by atoms with Gasteiger partial charge >= 0.3 is 6.01 Å². The van der Waals surface area contributed by atoms with Crippen molar-refractivity contribution in [3.05, 3.63) is 5.28 Å². The molecular weight excluding hydrogens is 278 g/mol. The van der Waals surface area contributed by atoms with Crippen LogP contribution in [0.4, 0.5) is 5.95 Å². The lowest BCUT2D eigenvalue weighted by Gasteiger charge is -2.14. The van der Waals surface area contributed by atoms with E-state index >= 15 is 0 Å². The third kappa shape index (κ3) is 5.09. The first-order valence-corrected chi connectivity index (χ1v) is 7.56. The molecule has 112 valence electrons. The van der Waals surface area contributed by atoms with Gasteiger partial charge in [-0.05, 0) is 64.3 Å². The number of likely N-dealkylation sites (tertiary alicyclic amines) is 1. The number of aromatic nitrogens is 3. The predicted molar refractivity (Wildman–Crippen MR) is 79.4 cm³/mol. The molecule has 2 rings (SSSR count). The Morgan fingerprint density at radius 1 is 1.25 bits per heavy atom. The molecule has 1 saturated heterocycles. The summed E-state index contributed by atoms with van der Waals surface area (Å²) in [6.07, 6.45) is 3.72. The highest BCUT2D eigenvalue weighted by molar-refractivity contribution is 6.28. The third-order valence-corrected chi connectivity index (χ3v) is 3.23. The molecule has 1 N–H and O–H groups in total. The van der Waals surface area contributed by atoms with E-state index in [0.29, 0.717) is 5.95 Å². The molecule has 0 amide bonds. The lowest BCUT2D eigenvalue weighted by atomic mass is 10.4. The number of anilines is 1. The van der Waals surface area contributed by atoms with Crippen molar-refractivity contribution in [1.82, 2.24) is 19.9 Å². The largest absolute Gasteiger partial charge is 0.461 e. The van der Waals surface area contributed by atoms with Crippen LogP contribution in [0.3, 0.4) is 0 Å². The van der Waals surface area contributed by atoms with Crippen LogP contribution in [0.25, 0.3) is 0 Å². The summed E-state index contributed by atoms with van der Waals surface area (Å²) in [5.41, 5.74) is 0. The number of rotatable bonds is 7. The van der Waals surface area contributed by atoms with Crippen LogP contribution in [0, 0.1) is 0 Å². The second-order valence-electron chi connectivity index (χ2n) is 5.21. The Morgan fingerprint density at radius 2 is 2.00 bits per heavy atom. The number of hydrogen-bond donors (Lipinski definition) is 1. The summed E-state index contributed by atoms with van der Waals surface area (Å²) in [7, 11) is 0. The van der Waals surface area contributed by atoms with Crippen molar-refractivity contribution < 1.29 is 4.74 Å². The van der Waals surface area contributed by atoms with Crippen molar-refractivity contribution in [3.63, 3.8) is 0 Å². The Hall–Kier alpha value is -1.14. The third-order valence-electron chi connectivity index (χ3n) is 3.06. The molecule has 0 bridgehead atoms. The Bertz CT molecular complexity index is 423. The molecule has 0 unspecified atom stereocenters. The first-order valence-electron chi connectivity index (χ1n) is 7.18. The molecule has 7 heteroatoms. The van der Waals surface area contributed by atoms with Gasteiger partial charge in [-0.25, -0.2) is 0 Å². The first-order chi connectivity index (χ1) is 9.63. The fourth-order valence-corrected chi connectivity index (χ4v) is 2.34. The van der Waals surface area contributed by atoms with Crippen molar-refractivity contribution in [2.75, 3.05) is 31.5 Å². The van der Waals surface area contributed by atoms with Crippen molar-refractivity contribution in [2.45, 2.75) is 39.2 Å². The van der Waals surface area contributed by atoms with Gasteiger partial charge in [-0.1, -0.05) is 0 Å². The van der Waals surface area contributed by atoms with E-state index in [9.17, 15) is 0 Å². The molecule has 1 aliphatic heterocycles. The summed E-state index contributed by atoms with van der Waals surface area (Å²) in [6.45, 7) is 8.22. The predicted octanol–water partition coefficient (Wildman–Crippen LogP) is 2.21. The maximum absolute atomic E-state index is 5.86. The van der Waals surface area contributed by atoms with E-state index in [1.165, 1.54) is 25.9 Å². The molecule has 0 atom stereocenters. The van der Waals surface area contributed by atoms with Crippen molar-refractivity contribution in [3.8, 4) is 6.01 Å². The average molecular weight is 300 g/mol. The SMILES string of the molecule is CC(C)Oc1nc(Cl)nc(NCCCN2CCCC2)n1. The smallest absolute Gasteiger partial charge is 0.322 e. The fraction of sp³-hybridized carbons (Fsp3) is 0.769. The van der Waals surface area contributed by atoms with Gasteiger partial charge in [-0.3, -0.25) is 0 Å². The molecule has 2 heterocycles. The van der Waals surface area contributed by atoms with Crippen LogP contribution in [0.1, 0.15) is 33.1 Å². The van der Waals surface area contributed by atoms with Crippen molar-refractivity contribution in [1.29, 1.82) is 0 Å². The highest BCUT2D eigenvalue weighted by Gasteiger charge is 2.11. The summed E-state index contributed by atoms with van der Waals surface area (Å²) < 4.78 is 5.43. The highest BCUT2D eigenvalue weighted by Crippen LogP contribution is 2.13. The monoisotopic (exact) mass is 299 g/mol. The van der Waals surface area contributed by atoms with Gasteiger partial charge in [0.15, 0.2) is 0 Å². The molecular formula is C13H22ClN5O. The topological polar surface area (TPSA) is 63.2 Å². The Morgan fingerprint density at radius 3 is 2.70 bits per heavy atom. The summed E-state index contributed by atoms with van der Waals surface area (Å²) >= 11 is 5.86. The molecule has 1 fully saturated rings. The lowest BCUT2D eigenvalue weighted by Crippen LogP contribution is -2.22. The van der Waals surface area contributed by atoms with E-state index in [-0.39, 0.29) is 17.4 Å². The van der Waals surface area contributed by atoms with E-state index < -0.39 is 0 Å². The fourth-order valence-electron chi connectivity index (χ4n) is 2.18. The van der Waals surface area contributed by atoms with E-state index in [4.69, 9.17) is 16.3 Å². The molecule has 1 aliphatic rings. The van der Waals surface area contributed by atoms with Crippen LogP contribution < -0.4 is 10.1 Å². The highest BCUT2D eigenvalue weighted by atomic mass is 35.5. The molecule has 1 aromatic rings. The van der Waals surface area contributed by atoms with Crippen molar-refractivity contribution in [2.24, 2.45) is 0 Å². The molecule has 6 nitrogen and oxygen atoms in total. The molecule has 0 saturated carbocycles. The van der Waals surface area contributed by atoms with Gasteiger partial charge < -0.3 is 15.0 Å². The first kappa shape index (κ1) is 15.3. The average Bonchev–Trinajstić information content (AvgIpc) is 2.86. The van der Waals surface area contributed by atoms with Crippen LogP contribution in [0.15, 0.2) is 0 Å². The zero-order valence-corrected chi connectivity index (χ0v) is 12.9. The number of hydrogen-bond acceptors (Lipinski definition) is 6. The number of nitrogens with zero attached hydrogens (tertiary/aromatic N) is 4. The summed E-state index contributed by atoms with van der Waals surface area (Å²) in [6, 6.07) is 0.266. The van der Waals surface area contributed by atoms with Crippen LogP contribution >= 0.6 is 11.6 Å². The Balaban J connectivity index is 1.77. The molecule has 1 aromatic heterocycles. The molecule has 0 spiro atoms. The quantitative estimate of drug-likeness (QED) is 0.779. The maximum Gasteiger partial charge on any atom is 0.322 e. The summed E-state index contributed by atoms with van der Waals surface area (Å²) in [4.78, 5) is 14.7. The zero-order valence-electron chi connectivity index (χ0n) is 12.1. The minimum atomic E-state index is 0.0106. The Labute approximate surface area is 124 Å². The number of ether oxygens (including phenoxy) is 1. The molecule has 0 aromatic carbocycles. The van der Waals surface area contributed by atoms with Crippen LogP contribution in [0.5, 0.6) is 6.01 Å². The Kier molecular flexibility index (Phi) is 5.79. The molecule has 0 radical (unpaired) electrons. The van der Waals surface area contributed by atoms with E-state index in [1.807, 2.05) is 13.8 Å². The standard InChI is InChI=1S/C13H22ClN5O/c1-10(2)20-13-17-11(14)16-12(18-13)15-6-5-9-19-7-3-4-8-19/h10H,3-9H2,1-2H3,(H,15,16,17,18). The van der Waals surface area contributed by atoms with Gasteiger partial charge in [0.05, 0.1) is 6.10 Å². The van der Waals surface area contributed by atoms with Crippen molar-refractivity contribution >= 4 is 17.5 Å². The molecule has 20 heavy (non-hydrogen) atoms. The van der Waals surface area contributed by atoms with Gasteiger partial charge in [-0.15, -0.1) is 0 Å². The second kappa shape index (κ2) is 7.59. The van der Waals surface area contributed by atoms with Crippen LogP contribution in [-0.2, 0) is 0 Å². The number of nitrogens with one attached hydrogen (secondary N) is 1. The normalized spacial score (nSPS) is 15.8. The van der Waals surface area contributed by atoms with Crippen LogP contribution in [-0.4, -0.2) is 52.1 Å². The molecule has 0 aliphatic carbocycles. The zero-order chi connectivity index (χ0) is 14.4. The van der Waals surface area contributed by atoms with Gasteiger partial charge in [0.25, 0.3) is 0 Å². The van der Waals surface area contributed by atoms with Gasteiger partial charge in [0.2, 0.25) is 11.2 Å². The number of halogens is 1. The lowest BCUT2D eigenvalue weighted by molar-refractivity contribution is 0.222.